The standard InChI is InChI=1S/C13H15NO5S/c1-17-9-4-7(5-10(18-2)11(9)19-3)12(15)14-8-6-20-13(8)16/h4-5,8H,6H2,1-3H3,(H,14,15)/t8-/m0/s1. The Morgan fingerprint density at radius 1 is 1.20 bits per heavy atom. The second-order valence-corrected chi connectivity index (χ2v) is 5.09. The molecule has 2 rings (SSSR count). The molecule has 20 heavy (non-hydrogen) atoms. The highest BCUT2D eigenvalue weighted by molar-refractivity contribution is 8.16. The van der Waals surface area contributed by atoms with E-state index in [1.54, 1.807) is 12.1 Å². The predicted molar refractivity (Wildman–Crippen MR) is 74.8 cm³/mol. The first-order chi connectivity index (χ1) is 9.60. The molecule has 1 aliphatic rings. The van der Waals surface area contributed by atoms with Crippen molar-refractivity contribution in [3.63, 3.8) is 0 Å². The molecule has 1 aromatic rings. The van der Waals surface area contributed by atoms with Gasteiger partial charge in [0, 0.05) is 11.3 Å². The van der Waals surface area contributed by atoms with Crippen LogP contribution in [0.5, 0.6) is 17.2 Å². The van der Waals surface area contributed by atoms with Gasteiger partial charge >= 0.3 is 0 Å². The van der Waals surface area contributed by atoms with E-state index in [-0.39, 0.29) is 11.0 Å². The first kappa shape index (κ1) is 14.5. The van der Waals surface area contributed by atoms with E-state index in [0.29, 0.717) is 28.6 Å². The van der Waals surface area contributed by atoms with Gasteiger partial charge < -0.3 is 19.5 Å². The number of nitrogens with one attached hydrogen (secondary N) is 1. The highest BCUT2D eigenvalue weighted by Crippen LogP contribution is 2.38. The summed E-state index contributed by atoms with van der Waals surface area (Å²) >= 11 is 1.20. The van der Waals surface area contributed by atoms with Crippen molar-refractivity contribution in [1.82, 2.24) is 5.32 Å². The number of carbonyl (C=O) groups excluding carboxylic acids is 2. The van der Waals surface area contributed by atoms with Crippen molar-refractivity contribution in [2.24, 2.45) is 0 Å². The van der Waals surface area contributed by atoms with Crippen molar-refractivity contribution < 1.29 is 23.8 Å². The van der Waals surface area contributed by atoms with Crippen LogP contribution in [0.4, 0.5) is 0 Å². The number of methoxy groups -OCH3 is 3. The predicted octanol–water partition coefficient (Wildman–Crippen LogP) is 1.08. The van der Waals surface area contributed by atoms with Gasteiger partial charge in [0.25, 0.3) is 5.91 Å². The molecule has 1 aromatic carbocycles. The topological polar surface area (TPSA) is 73.9 Å². The summed E-state index contributed by atoms with van der Waals surface area (Å²) in [4.78, 5) is 23.3. The molecule has 0 saturated carbocycles. The fourth-order valence-corrected chi connectivity index (χ4v) is 2.40. The van der Waals surface area contributed by atoms with E-state index in [1.807, 2.05) is 0 Å². The summed E-state index contributed by atoms with van der Waals surface area (Å²) in [7, 11) is 4.44. The minimum absolute atomic E-state index is 0.0224. The van der Waals surface area contributed by atoms with E-state index in [1.165, 1.54) is 33.1 Å². The summed E-state index contributed by atoms with van der Waals surface area (Å²) in [6, 6.07) is 2.69. The Balaban J connectivity index is 2.26. The molecule has 7 heteroatoms. The molecular formula is C13H15NO5S. The lowest BCUT2D eigenvalue weighted by atomic mass is 10.1. The van der Waals surface area contributed by atoms with Crippen LogP contribution in [0.25, 0.3) is 0 Å². The number of rotatable bonds is 5. The number of amides is 1. The van der Waals surface area contributed by atoms with Crippen LogP contribution in [0.2, 0.25) is 0 Å². The van der Waals surface area contributed by atoms with Gasteiger partial charge in [0.15, 0.2) is 11.5 Å². The Kier molecular flexibility index (Phi) is 4.39. The lowest BCUT2D eigenvalue weighted by Crippen LogP contribution is -2.47. The molecule has 1 atom stereocenters. The lowest BCUT2D eigenvalue weighted by Gasteiger charge is -2.24. The van der Waals surface area contributed by atoms with Crippen LogP contribution in [-0.2, 0) is 4.79 Å². The quantitative estimate of drug-likeness (QED) is 0.877. The van der Waals surface area contributed by atoms with Crippen LogP contribution < -0.4 is 19.5 Å². The monoisotopic (exact) mass is 297 g/mol. The SMILES string of the molecule is COc1cc(C(=O)N[C@H]2CSC2=O)cc(OC)c1OC. The summed E-state index contributed by atoms with van der Waals surface area (Å²) in [5, 5.41) is 2.64. The number of carbonyl (C=O) groups is 2. The third-order valence-corrected chi connectivity index (χ3v) is 3.98. The van der Waals surface area contributed by atoms with E-state index in [9.17, 15) is 9.59 Å². The maximum absolute atomic E-state index is 12.1. The largest absolute Gasteiger partial charge is 0.493 e. The van der Waals surface area contributed by atoms with Crippen LogP contribution in [0.3, 0.4) is 0 Å². The minimum atomic E-state index is -0.411. The van der Waals surface area contributed by atoms with Gasteiger partial charge in [-0.2, -0.15) is 0 Å². The number of benzene rings is 1. The molecule has 6 nitrogen and oxygen atoms in total. The zero-order valence-electron chi connectivity index (χ0n) is 11.4. The van der Waals surface area contributed by atoms with Crippen molar-refractivity contribution in [3.05, 3.63) is 17.7 Å². The van der Waals surface area contributed by atoms with Crippen LogP contribution in [0.15, 0.2) is 12.1 Å². The Hall–Kier alpha value is -1.89. The molecule has 1 heterocycles. The summed E-state index contributed by atoms with van der Waals surface area (Å²) in [5.74, 6) is 1.47. The molecule has 1 N–H and O–H groups in total. The zero-order chi connectivity index (χ0) is 14.7. The van der Waals surface area contributed by atoms with Gasteiger partial charge in [0.2, 0.25) is 10.9 Å². The van der Waals surface area contributed by atoms with E-state index in [2.05, 4.69) is 5.32 Å². The Bertz CT molecular complexity index is 521. The normalized spacial score (nSPS) is 17.1. The number of hydrogen-bond acceptors (Lipinski definition) is 6. The number of hydrogen-bond donors (Lipinski definition) is 1. The van der Waals surface area contributed by atoms with Gasteiger partial charge in [0.1, 0.15) is 6.04 Å². The van der Waals surface area contributed by atoms with Crippen LogP contribution >= 0.6 is 11.8 Å². The maximum atomic E-state index is 12.1. The highest BCUT2D eigenvalue weighted by atomic mass is 32.2. The molecule has 1 saturated heterocycles. The van der Waals surface area contributed by atoms with Crippen molar-refractivity contribution in [1.29, 1.82) is 0 Å². The van der Waals surface area contributed by atoms with Gasteiger partial charge in [0.05, 0.1) is 21.3 Å². The van der Waals surface area contributed by atoms with Crippen LogP contribution in [0, 0.1) is 0 Å². The van der Waals surface area contributed by atoms with Crippen LogP contribution in [-0.4, -0.2) is 44.1 Å². The molecule has 0 radical (unpaired) electrons. The highest BCUT2D eigenvalue weighted by Gasteiger charge is 2.31. The van der Waals surface area contributed by atoms with E-state index >= 15 is 0 Å². The first-order valence-corrected chi connectivity index (χ1v) is 6.86. The Labute approximate surface area is 120 Å². The molecule has 108 valence electrons. The summed E-state index contributed by atoms with van der Waals surface area (Å²) < 4.78 is 15.5. The van der Waals surface area contributed by atoms with Gasteiger partial charge in [-0.15, -0.1) is 0 Å². The fourth-order valence-electron chi connectivity index (χ4n) is 1.79. The van der Waals surface area contributed by atoms with Gasteiger partial charge in [-0.05, 0) is 12.1 Å². The van der Waals surface area contributed by atoms with Crippen molar-refractivity contribution in [3.8, 4) is 17.2 Å². The summed E-state index contributed by atoms with van der Waals surface area (Å²) in [5.41, 5.74) is 0.351. The van der Waals surface area contributed by atoms with Gasteiger partial charge in [-0.1, -0.05) is 11.8 Å². The molecule has 1 aliphatic heterocycles. The third kappa shape index (κ3) is 2.67. The Morgan fingerprint density at radius 2 is 1.80 bits per heavy atom. The van der Waals surface area contributed by atoms with Crippen molar-refractivity contribution in [2.45, 2.75) is 6.04 Å². The number of ether oxygens (including phenoxy) is 3. The van der Waals surface area contributed by atoms with E-state index < -0.39 is 6.04 Å². The second kappa shape index (κ2) is 6.04. The number of thioether (sulfide) groups is 1. The molecular weight excluding hydrogens is 282 g/mol. The minimum Gasteiger partial charge on any atom is -0.493 e. The molecule has 0 unspecified atom stereocenters. The Morgan fingerprint density at radius 3 is 2.15 bits per heavy atom. The fraction of sp³-hybridized carbons (Fsp3) is 0.385. The molecule has 0 aliphatic carbocycles. The average Bonchev–Trinajstić information content (AvgIpc) is 2.48. The summed E-state index contributed by atoms with van der Waals surface area (Å²) in [6.45, 7) is 0. The molecule has 1 amide bonds. The molecule has 0 aromatic heterocycles. The average molecular weight is 297 g/mol. The first-order valence-electron chi connectivity index (χ1n) is 5.88. The second-order valence-electron chi connectivity index (χ2n) is 4.07. The lowest BCUT2D eigenvalue weighted by molar-refractivity contribution is -0.113. The molecule has 0 bridgehead atoms. The maximum Gasteiger partial charge on any atom is 0.252 e. The van der Waals surface area contributed by atoms with E-state index in [0.717, 1.165) is 0 Å². The molecule has 1 fully saturated rings. The van der Waals surface area contributed by atoms with Gasteiger partial charge in [-0.25, -0.2) is 0 Å². The zero-order valence-corrected chi connectivity index (χ0v) is 12.2. The summed E-state index contributed by atoms with van der Waals surface area (Å²) in [6.07, 6.45) is 0. The molecule has 0 spiro atoms. The smallest absolute Gasteiger partial charge is 0.252 e. The van der Waals surface area contributed by atoms with Crippen LogP contribution in [0.1, 0.15) is 10.4 Å². The van der Waals surface area contributed by atoms with Crippen molar-refractivity contribution >= 4 is 22.8 Å². The third-order valence-electron chi connectivity index (χ3n) is 2.91. The van der Waals surface area contributed by atoms with Gasteiger partial charge in [-0.3, -0.25) is 9.59 Å². The van der Waals surface area contributed by atoms with Crippen molar-refractivity contribution in [2.75, 3.05) is 27.1 Å². The van der Waals surface area contributed by atoms with E-state index in [4.69, 9.17) is 14.2 Å².